The van der Waals surface area contributed by atoms with Gasteiger partial charge in [-0.1, -0.05) is 18.2 Å². The standard InChI is InChI=1S/C18H20N2O5/c1-23-14-7-5-4-6-12(14)11-19-17(21)18(22)20-13-8-9-15(24-2)16(10-13)25-3/h4-10H,11H2,1-3H3,(H,19,21)(H,20,22). The van der Waals surface area contributed by atoms with Crippen molar-refractivity contribution in [3.63, 3.8) is 0 Å². The van der Waals surface area contributed by atoms with Gasteiger partial charge in [-0.3, -0.25) is 9.59 Å². The fourth-order valence-electron chi connectivity index (χ4n) is 2.21. The molecule has 2 N–H and O–H groups in total. The van der Waals surface area contributed by atoms with Crippen LogP contribution in [0.3, 0.4) is 0 Å². The van der Waals surface area contributed by atoms with E-state index in [1.54, 1.807) is 31.4 Å². The van der Waals surface area contributed by atoms with Gasteiger partial charge in [-0.25, -0.2) is 0 Å². The number of anilines is 1. The molecule has 0 heterocycles. The molecule has 0 aliphatic heterocycles. The summed E-state index contributed by atoms with van der Waals surface area (Å²) in [6.45, 7) is 0.183. The lowest BCUT2D eigenvalue weighted by molar-refractivity contribution is -0.136. The van der Waals surface area contributed by atoms with E-state index in [0.717, 1.165) is 5.56 Å². The number of nitrogens with one attached hydrogen (secondary N) is 2. The Balaban J connectivity index is 1.97. The molecule has 7 nitrogen and oxygen atoms in total. The van der Waals surface area contributed by atoms with Crippen LogP contribution in [-0.4, -0.2) is 33.1 Å². The molecule has 0 fully saturated rings. The molecule has 0 bridgehead atoms. The number of carbonyl (C=O) groups is 2. The van der Waals surface area contributed by atoms with Crippen molar-refractivity contribution < 1.29 is 23.8 Å². The van der Waals surface area contributed by atoms with Gasteiger partial charge in [0.2, 0.25) is 0 Å². The largest absolute Gasteiger partial charge is 0.496 e. The molecule has 132 valence electrons. The lowest BCUT2D eigenvalue weighted by atomic mass is 10.2. The molecule has 0 radical (unpaired) electrons. The predicted octanol–water partition coefficient (Wildman–Crippen LogP) is 1.97. The number of hydrogen-bond acceptors (Lipinski definition) is 5. The van der Waals surface area contributed by atoms with Gasteiger partial charge in [-0.2, -0.15) is 0 Å². The van der Waals surface area contributed by atoms with Crippen LogP contribution in [0.5, 0.6) is 17.2 Å². The number of methoxy groups -OCH3 is 3. The SMILES string of the molecule is COc1ccccc1CNC(=O)C(=O)Nc1ccc(OC)c(OC)c1. The number of para-hydroxylation sites is 1. The van der Waals surface area contributed by atoms with Crippen molar-refractivity contribution in [2.45, 2.75) is 6.54 Å². The number of carbonyl (C=O) groups excluding carboxylic acids is 2. The van der Waals surface area contributed by atoms with E-state index in [1.165, 1.54) is 14.2 Å². The number of hydrogen-bond donors (Lipinski definition) is 2. The highest BCUT2D eigenvalue weighted by Crippen LogP contribution is 2.29. The zero-order chi connectivity index (χ0) is 18.2. The number of rotatable bonds is 6. The van der Waals surface area contributed by atoms with Gasteiger partial charge < -0.3 is 24.8 Å². The lowest BCUT2D eigenvalue weighted by Gasteiger charge is -2.11. The molecule has 0 aliphatic rings. The average molecular weight is 344 g/mol. The van der Waals surface area contributed by atoms with Crippen molar-refractivity contribution in [1.82, 2.24) is 5.32 Å². The Labute approximate surface area is 145 Å². The fourth-order valence-corrected chi connectivity index (χ4v) is 2.21. The minimum Gasteiger partial charge on any atom is -0.496 e. The number of ether oxygens (including phenoxy) is 3. The van der Waals surface area contributed by atoms with Gasteiger partial charge in [0.25, 0.3) is 0 Å². The number of amides is 2. The van der Waals surface area contributed by atoms with Gasteiger partial charge in [0.15, 0.2) is 11.5 Å². The van der Waals surface area contributed by atoms with E-state index in [1.807, 2.05) is 18.2 Å². The third-order valence-electron chi connectivity index (χ3n) is 3.48. The van der Waals surface area contributed by atoms with Crippen LogP contribution in [-0.2, 0) is 16.1 Å². The first kappa shape index (κ1) is 18.1. The lowest BCUT2D eigenvalue weighted by Crippen LogP contribution is -2.35. The third-order valence-corrected chi connectivity index (χ3v) is 3.48. The van der Waals surface area contributed by atoms with Gasteiger partial charge in [-0.15, -0.1) is 0 Å². The van der Waals surface area contributed by atoms with Crippen LogP contribution in [0, 0.1) is 0 Å². The Bertz CT molecular complexity index is 761. The molecule has 0 saturated carbocycles. The quantitative estimate of drug-likeness (QED) is 0.783. The highest BCUT2D eigenvalue weighted by Gasteiger charge is 2.15. The molecule has 0 atom stereocenters. The molecule has 2 rings (SSSR count). The van der Waals surface area contributed by atoms with Crippen molar-refractivity contribution in [3.05, 3.63) is 48.0 Å². The van der Waals surface area contributed by atoms with Crippen molar-refractivity contribution in [1.29, 1.82) is 0 Å². The summed E-state index contributed by atoms with van der Waals surface area (Å²) >= 11 is 0. The predicted molar refractivity (Wildman–Crippen MR) is 93.0 cm³/mol. The second-order valence-corrected chi connectivity index (χ2v) is 5.02. The zero-order valence-corrected chi connectivity index (χ0v) is 14.3. The van der Waals surface area contributed by atoms with Crippen LogP contribution in [0.2, 0.25) is 0 Å². The summed E-state index contributed by atoms with van der Waals surface area (Å²) in [5, 5.41) is 5.07. The molecule has 0 aliphatic carbocycles. The minimum absolute atomic E-state index is 0.183. The molecule has 2 amide bonds. The maximum Gasteiger partial charge on any atom is 0.313 e. The van der Waals surface area contributed by atoms with Crippen LogP contribution < -0.4 is 24.8 Å². The van der Waals surface area contributed by atoms with Crippen LogP contribution >= 0.6 is 0 Å². The minimum atomic E-state index is -0.776. The van der Waals surface area contributed by atoms with Crippen LogP contribution in [0.4, 0.5) is 5.69 Å². The Hall–Kier alpha value is -3.22. The van der Waals surface area contributed by atoms with Crippen LogP contribution in [0.1, 0.15) is 5.56 Å². The second kappa shape index (κ2) is 8.58. The Kier molecular flexibility index (Phi) is 6.22. The molecule has 25 heavy (non-hydrogen) atoms. The highest BCUT2D eigenvalue weighted by atomic mass is 16.5. The molecule has 0 aromatic heterocycles. The van der Waals surface area contributed by atoms with E-state index in [4.69, 9.17) is 14.2 Å². The summed E-state index contributed by atoms with van der Waals surface area (Å²) in [7, 11) is 4.55. The molecule has 2 aromatic rings. The summed E-state index contributed by atoms with van der Waals surface area (Å²) in [6, 6.07) is 12.1. The van der Waals surface area contributed by atoms with Crippen molar-refractivity contribution in [2.75, 3.05) is 26.6 Å². The highest BCUT2D eigenvalue weighted by molar-refractivity contribution is 6.39. The molecule has 7 heteroatoms. The molecule has 0 unspecified atom stereocenters. The van der Waals surface area contributed by atoms with Crippen molar-refractivity contribution in [3.8, 4) is 17.2 Å². The molecular formula is C18H20N2O5. The Morgan fingerprint density at radius 3 is 2.20 bits per heavy atom. The summed E-state index contributed by atoms with van der Waals surface area (Å²) in [5.74, 6) is 0.0989. The van der Waals surface area contributed by atoms with Crippen molar-refractivity contribution >= 4 is 17.5 Å². The first-order chi connectivity index (χ1) is 12.1. The van der Waals surface area contributed by atoms with Gasteiger partial charge in [0.05, 0.1) is 21.3 Å². The maximum atomic E-state index is 12.0. The number of benzene rings is 2. The molecule has 2 aromatic carbocycles. The topological polar surface area (TPSA) is 85.9 Å². The second-order valence-electron chi connectivity index (χ2n) is 5.02. The maximum absolute atomic E-state index is 12.0. The van der Waals surface area contributed by atoms with E-state index in [0.29, 0.717) is 22.9 Å². The summed E-state index contributed by atoms with van der Waals surface area (Å²) in [4.78, 5) is 24.0. The first-order valence-corrected chi connectivity index (χ1v) is 7.52. The van der Waals surface area contributed by atoms with Gasteiger partial charge in [0, 0.05) is 23.9 Å². The Morgan fingerprint density at radius 2 is 1.52 bits per heavy atom. The van der Waals surface area contributed by atoms with E-state index in [-0.39, 0.29) is 6.54 Å². The van der Waals surface area contributed by atoms with E-state index in [2.05, 4.69) is 10.6 Å². The monoisotopic (exact) mass is 344 g/mol. The molecule has 0 saturated heterocycles. The zero-order valence-electron chi connectivity index (χ0n) is 14.3. The molecular weight excluding hydrogens is 324 g/mol. The van der Waals surface area contributed by atoms with Gasteiger partial charge >= 0.3 is 11.8 Å². The normalized spacial score (nSPS) is 9.88. The fraction of sp³-hybridized carbons (Fsp3) is 0.222. The Morgan fingerprint density at radius 1 is 0.840 bits per heavy atom. The summed E-state index contributed by atoms with van der Waals surface area (Å²) < 4.78 is 15.5. The smallest absolute Gasteiger partial charge is 0.313 e. The summed E-state index contributed by atoms with van der Waals surface area (Å²) in [6.07, 6.45) is 0. The van der Waals surface area contributed by atoms with E-state index < -0.39 is 11.8 Å². The summed E-state index contributed by atoms with van der Waals surface area (Å²) in [5.41, 5.74) is 1.20. The van der Waals surface area contributed by atoms with E-state index >= 15 is 0 Å². The van der Waals surface area contributed by atoms with Gasteiger partial charge in [-0.05, 0) is 18.2 Å². The third kappa shape index (κ3) is 4.63. The van der Waals surface area contributed by atoms with E-state index in [9.17, 15) is 9.59 Å². The van der Waals surface area contributed by atoms with Crippen LogP contribution in [0.25, 0.3) is 0 Å². The van der Waals surface area contributed by atoms with Crippen molar-refractivity contribution in [2.24, 2.45) is 0 Å². The van der Waals surface area contributed by atoms with Crippen LogP contribution in [0.15, 0.2) is 42.5 Å². The average Bonchev–Trinajstić information content (AvgIpc) is 2.65. The van der Waals surface area contributed by atoms with Gasteiger partial charge in [0.1, 0.15) is 5.75 Å². The molecule has 0 spiro atoms. The first-order valence-electron chi connectivity index (χ1n) is 7.52.